The lowest BCUT2D eigenvalue weighted by atomic mass is 10.1. The molecule has 0 aliphatic carbocycles. The van der Waals surface area contributed by atoms with Crippen molar-refractivity contribution in [3.05, 3.63) is 17.0 Å². The first kappa shape index (κ1) is 20.9. The second-order valence-electron chi connectivity index (χ2n) is 6.22. The third-order valence-corrected chi connectivity index (χ3v) is 3.77. The number of aryl methyl sites for hydroxylation is 1. The molecule has 1 aromatic rings. The Kier molecular flexibility index (Phi) is 9.37. The molecule has 1 atom stereocenters. The molecule has 0 aliphatic heterocycles. The van der Waals surface area contributed by atoms with Gasteiger partial charge in [0.25, 0.3) is 0 Å². The van der Waals surface area contributed by atoms with Crippen molar-refractivity contribution in [3.63, 3.8) is 0 Å². The molecular weight excluding hydrogens is 300 g/mol. The van der Waals surface area contributed by atoms with E-state index in [0.717, 1.165) is 18.7 Å². The van der Waals surface area contributed by atoms with E-state index < -0.39 is 0 Å². The van der Waals surface area contributed by atoms with Crippen LogP contribution in [0.5, 0.6) is 0 Å². The van der Waals surface area contributed by atoms with Crippen molar-refractivity contribution in [3.8, 4) is 0 Å². The molecule has 1 unspecified atom stereocenters. The number of hydrogen-bond acceptors (Lipinski definition) is 3. The lowest BCUT2D eigenvalue weighted by Gasteiger charge is -2.11. The summed E-state index contributed by atoms with van der Waals surface area (Å²) in [6.07, 6.45) is 1.28. The first-order chi connectivity index (χ1) is 9.85. The van der Waals surface area contributed by atoms with Crippen LogP contribution in [0.1, 0.15) is 44.1 Å². The second kappa shape index (κ2) is 9.85. The molecule has 6 heteroatoms. The minimum atomic E-state index is 0. The SMILES string of the molecule is CNC(C)CNC(=O)CCc1c(C)nn(CC(C)C)c1C.Cl. The molecule has 1 aromatic heterocycles. The zero-order valence-corrected chi connectivity index (χ0v) is 15.5. The average molecular weight is 331 g/mol. The van der Waals surface area contributed by atoms with Gasteiger partial charge in [0.05, 0.1) is 5.69 Å². The summed E-state index contributed by atoms with van der Waals surface area (Å²) in [7, 11) is 1.90. The maximum absolute atomic E-state index is 11.9. The molecule has 5 nitrogen and oxygen atoms in total. The number of carbonyl (C=O) groups excluding carboxylic acids is 1. The van der Waals surface area contributed by atoms with Crippen LogP contribution in [0.3, 0.4) is 0 Å². The summed E-state index contributed by atoms with van der Waals surface area (Å²) in [5.74, 6) is 0.676. The van der Waals surface area contributed by atoms with E-state index in [1.807, 2.05) is 20.9 Å². The van der Waals surface area contributed by atoms with Gasteiger partial charge in [-0.05, 0) is 45.7 Å². The second-order valence-corrected chi connectivity index (χ2v) is 6.22. The number of halogens is 1. The van der Waals surface area contributed by atoms with Gasteiger partial charge < -0.3 is 10.6 Å². The molecule has 1 rings (SSSR count). The minimum Gasteiger partial charge on any atom is -0.355 e. The molecule has 0 radical (unpaired) electrons. The van der Waals surface area contributed by atoms with Crippen molar-refractivity contribution < 1.29 is 4.79 Å². The third kappa shape index (κ3) is 6.36. The van der Waals surface area contributed by atoms with Crippen molar-refractivity contribution >= 4 is 18.3 Å². The highest BCUT2D eigenvalue weighted by atomic mass is 35.5. The quantitative estimate of drug-likeness (QED) is 0.768. The third-order valence-electron chi connectivity index (χ3n) is 3.77. The molecular formula is C16H31ClN4O. The van der Waals surface area contributed by atoms with Gasteiger partial charge in [0.2, 0.25) is 5.91 Å². The van der Waals surface area contributed by atoms with E-state index in [1.165, 1.54) is 11.3 Å². The predicted octanol–water partition coefficient (Wildman–Crippen LogP) is 2.23. The zero-order valence-electron chi connectivity index (χ0n) is 14.7. The Morgan fingerprint density at radius 1 is 1.27 bits per heavy atom. The van der Waals surface area contributed by atoms with Gasteiger partial charge in [-0.25, -0.2) is 0 Å². The Hall–Kier alpha value is -1.07. The topological polar surface area (TPSA) is 58.9 Å². The number of amides is 1. The van der Waals surface area contributed by atoms with Gasteiger partial charge in [-0.15, -0.1) is 12.4 Å². The van der Waals surface area contributed by atoms with Crippen LogP contribution in [-0.4, -0.2) is 35.3 Å². The van der Waals surface area contributed by atoms with E-state index >= 15 is 0 Å². The van der Waals surface area contributed by atoms with E-state index in [2.05, 4.69) is 41.2 Å². The summed E-state index contributed by atoms with van der Waals surface area (Å²) in [4.78, 5) is 11.9. The molecule has 0 saturated heterocycles. The number of nitrogens with one attached hydrogen (secondary N) is 2. The molecule has 0 bridgehead atoms. The molecule has 0 saturated carbocycles. The Labute approximate surface area is 140 Å². The highest BCUT2D eigenvalue weighted by Gasteiger charge is 2.13. The maximum atomic E-state index is 11.9. The molecule has 0 spiro atoms. The van der Waals surface area contributed by atoms with Crippen molar-refractivity contribution in [1.29, 1.82) is 0 Å². The van der Waals surface area contributed by atoms with Crippen LogP contribution in [-0.2, 0) is 17.8 Å². The molecule has 1 amide bonds. The molecule has 22 heavy (non-hydrogen) atoms. The number of aromatic nitrogens is 2. The number of likely N-dealkylation sites (N-methyl/N-ethyl adjacent to an activating group) is 1. The van der Waals surface area contributed by atoms with Gasteiger partial charge in [0.15, 0.2) is 0 Å². The monoisotopic (exact) mass is 330 g/mol. The van der Waals surface area contributed by atoms with Crippen molar-refractivity contribution in [1.82, 2.24) is 20.4 Å². The highest BCUT2D eigenvalue weighted by molar-refractivity contribution is 5.85. The smallest absolute Gasteiger partial charge is 0.220 e. The average Bonchev–Trinajstić information content (AvgIpc) is 2.68. The summed E-state index contributed by atoms with van der Waals surface area (Å²) in [6, 6.07) is 0.297. The van der Waals surface area contributed by atoms with Crippen LogP contribution in [0.4, 0.5) is 0 Å². The van der Waals surface area contributed by atoms with Crippen LogP contribution in [0.15, 0.2) is 0 Å². The standard InChI is InChI=1S/C16H30N4O.ClH/c1-11(2)10-20-14(5)15(13(4)19-20)7-8-16(21)18-9-12(3)17-6;/h11-12,17H,7-10H2,1-6H3,(H,18,21);1H. The van der Waals surface area contributed by atoms with Gasteiger partial charge >= 0.3 is 0 Å². The lowest BCUT2D eigenvalue weighted by Crippen LogP contribution is -2.37. The van der Waals surface area contributed by atoms with Gasteiger partial charge in [0.1, 0.15) is 0 Å². The fourth-order valence-electron chi connectivity index (χ4n) is 2.32. The van der Waals surface area contributed by atoms with Gasteiger partial charge in [0, 0.05) is 31.2 Å². The van der Waals surface area contributed by atoms with E-state index in [9.17, 15) is 4.79 Å². The fourth-order valence-corrected chi connectivity index (χ4v) is 2.32. The van der Waals surface area contributed by atoms with Crippen LogP contribution >= 0.6 is 12.4 Å². The van der Waals surface area contributed by atoms with E-state index in [0.29, 0.717) is 24.9 Å². The number of hydrogen-bond donors (Lipinski definition) is 2. The van der Waals surface area contributed by atoms with Crippen molar-refractivity contribution in [2.45, 2.75) is 60.0 Å². The lowest BCUT2D eigenvalue weighted by molar-refractivity contribution is -0.121. The Balaban J connectivity index is 0.00000441. The van der Waals surface area contributed by atoms with E-state index in [4.69, 9.17) is 0 Å². The number of carbonyl (C=O) groups is 1. The van der Waals surface area contributed by atoms with Gasteiger partial charge in [-0.2, -0.15) is 5.10 Å². The molecule has 0 aliphatic rings. The van der Waals surface area contributed by atoms with E-state index in [-0.39, 0.29) is 18.3 Å². The summed E-state index contributed by atoms with van der Waals surface area (Å²) in [6.45, 7) is 12.1. The first-order valence-electron chi connectivity index (χ1n) is 7.82. The fraction of sp³-hybridized carbons (Fsp3) is 0.750. The minimum absolute atomic E-state index is 0. The van der Waals surface area contributed by atoms with Gasteiger partial charge in [-0.1, -0.05) is 13.8 Å². The largest absolute Gasteiger partial charge is 0.355 e. The Morgan fingerprint density at radius 2 is 1.91 bits per heavy atom. The first-order valence-corrected chi connectivity index (χ1v) is 7.82. The molecule has 0 aromatic carbocycles. The summed E-state index contributed by atoms with van der Waals surface area (Å²) >= 11 is 0. The summed E-state index contributed by atoms with van der Waals surface area (Å²) in [5.41, 5.74) is 3.45. The molecule has 2 N–H and O–H groups in total. The molecule has 0 fully saturated rings. The molecule has 1 heterocycles. The van der Waals surface area contributed by atoms with Crippen LogP contribution in [0.25, 0.3) is 0 Å². The summed E-state index contributed by atoms with van der Waals surface area (Å²) in [5, 5.41) is 10.6. The predicted molar refractivity (Wildman–Crippen MR) is 93.6 cm³/mol. The van der Waals surface area contributed by atoms with E-state index in [1.54, 1.807) is 0 Å². The van der Waals surface area contributed by atoms with Crippen molar-refractivity contribution in [2.24, 2.45) is 5.92 Å². The summed E-state index contributed by atoms with van der Waals surface area (Å²) < 4.78 is 2.07. The van der Waals surface area contributed by atoms with Crippen LogP contribution in [0.2, 0.25) is 0 Å². The normalized spacial score (nSPS) is 12.1. The van der Waals surface area contributed by atoms with Crippen LogP contribution < -0.4 is 10.6 Å². The zero-order chi connectivity index (χ0) is 16.0. The highest BCUT2D eigenvalue weighted by Crippen LogP contribution is 2.16. The van der Waals surface area contributed by atoms with Crippen LogP contribution in [0, 0.1) is 19.8 Å². The van der Waals surface area contributed by atoms with Crippen molar-refractivity contribution in [2.75, 3.05) is 13.6 Å². The molecule has 128 valence electrons. The number of rotatable bonds is 8. The Bertz CT molecular complexity index is 471. The Morgan fingerprint density at radius 3 is 2.45 bits per heavy atom. The maximum Gasteiger partial charge on any atom is 0.220 e. The number of nitrogens with zero attached hydrogens (tertiary/aromatic N) is 2. The van der Waals surface area contributed by atoms with Gasteiger partial charge in [-0.3, -0.25) is 9.48 Å².